The van der Waals surface area contributed by atoms with E-state index in [9.17, 15) is 8.42 Å². The molecule has 0 bridgehead atoms. The Morgan fingerprint density at radius 1 is 1.19 bits per heavy atom. The molecule has 1 aromatic carbocycles. The van der Waals surface area contributed by atoms with E-state index < -0.39 is 16.3 Å². The number of methoxy groups -OCH3 is 2. The van der Waals surface area contributed by atoms with Crippen molar-refractivity contribution in [3.8, 4) is 11.5 Å². The predicted octanol–water partition coefficient (Wildman–Crippen LogP) is 1.69. The third-order valence-electron chi connectivity index (χ3n) is 3.63. The van der Waals surface area contributed by atoms with Crippen LogP contribution >= 0.6 is 0 Å². The van der Waals surface area contributed by atoms with Crippen LogP contribution in [0.2, 0.25) is 0 Å². The van der Waals surface area contributed by atoms with Gasteiger partial charge in [0.05, 0.1) is 14.2 Å². The lowest BCUT2D eigenvalue weighted by atomic mass is 10.1. The molecule has 1 unspecified atom stereocenters. The fraction of sp³-hybridized carbons (Fsp3) is 0.571. The molecule has 7 heteroatoms. The molecule has 0 radical (unpaired) electrons. The standard InChI is InChI=1S/C14H22N2O4S/c1-11(15-21(17,18)16-8-4-5-9-16)13-10-12(19-2)6-7-14(13)20-3/h6-7,10-11,15H,4-5,8-9H2,1-3H3. The quantitative estimate of drug-likeness (QED) is 0.868. The van der Waals surface area contributed by atoms with Crippen molar-refractivity contribution >= 4 is 10.2 Å². The van der Waals surface area contributed by atoms with Crippen molar-refractivity contribution in [1.29, 1.82) is 0 Å². The third kappa shape index (κ3) is 3.66. The van der Waals surface area contributed by atoms with Crippen LogP contribution in [0, 0.1) is 0 Å². The molecule has 1 aliphatic rings. The summed E-state index contributed by atoms with van der Waals surface area (Å²) < 4.78 is 39.3. The van der Waals surface area contributed by atoms with Crippen molar-refractivity contribution in [2.24, 2.45) is 0 Å². The van der Waals surface area contributed by atoms with Crippen LogP contribution in [0.3, 0.4) is 0 Å². The molecule has 0 aliphatic carbocycles. The van der Waals surface area contributed by atoms with Crippen LogP contribution in [0.15, 0.2) is 18.2 Å². The van der Waals surface area contributed by atoms with E-state index in [0.29, 0.717) is 24.6 Å². The summed E-state index contributed by atoms with van der Waals surface area (Å²) in [5.74, 6) is 1.30. The largest absolute Gasteiger partial charge is 0.497 e. The second-order valence-electron chi connectivity index (χ2n) is 5.06. The molecule has 21 heavy (non-hydrogen) atoms. The molecule has 1 aliphatic heterocycles. The maximum atomic E-state index is 12.3. The van der Waals surface area contributed by atoms with Gasteiger partial charge in [0.2, 0.25) is 0 Å². The molecule has 118 valence electrons. The molecule has 1 saturated heterocycles. The van der Waals surface area contributed by atoms with E-state index >= 15 is 0 Å². The highest BCUT2D eigenvalue weighted by Crippen LogP contribution is 2.30. The fourth-order valence-corrected chi connectivity index (χ4v) is 3.93. The van der Waals surface area contributed by atoms with Gasteiger partial charge >= 0.3 is 0 Å². The first kappa shape index (κ1) is 16.1. The van der Waals surface area contributed by atoms with Crippen molar-refractivity contribution in [3.63, 3.8) is 0 Å². The van der Waals surface area contributed by atoms with Crippen molar-refractivity contribution in [2.45, 2.75) is 25.8 Å². The number of hydrogen-bond donors (Lipinski definition) is 1. The Morgan fingerprint density at radius 3 is 2.43 bits per heavy atom. The Hall–Kier alpha value is -1.31. The smallest absolute Gasteiger partial charge is 0.279 e. The van der Waals surface area contributed by atoms with Gasteiger partial charge in [0.25, 0.3) is 10.2 Å². The second-order valence-corrected chi connectivity index (χ2v) is 6.76. The van der Waals surface area contributed by atoms with Crippen molar-refractivity contribution in [3.05, 3.63) is 23.8 Å². The topological polar surface area (TPSA) is 67.9 Å². The van der Waals surface area contributed by atoms with Crippen LogP contribution < -0.4 is 14.2 Å². The highest BCUT2D eigenvalue weighted by atomic mass is 32.2. The summed E-state index contributed by atoms with van der Waals surface area (Å²) in [6.07, 6.45) is 1.83. The molecule has 0 spiro atoms. The zero-order chi connectivity index (χ0) is 15.5. The van der Waals surface area contributed by atoms with E-state index in [2.05, 4.69) is 4.72 Å². The van der Waals surface area contributed by atoms with Crippen LogP contribution in [0.1, 0.15) is 31.4 Å². The minimum atomic E-state index is -3.46. The predicted molar refractivity (Wildman–Crippen MR) is 80.8 cm³/mol. The van der Waals surface area contributed by atoms with Gasteiger partial charge in [-0.05, 0) is 38.0 Å². The summed E-state index contributed by atoms with van der Waals surface area (Å²) in [7, 11) is -0.328. The maximum absolute atomic E-state index is 12.3. The van der Waals surface area contributed by atoms with E-state index in [1.807, 2.05) is 0 Å². The van der Waals surface area contributed by atoms with Crippen molar-refractivity contribution < 1.29 is 17.9 Å². The minimum Gasteiger partial charge on any atom is -0.497 e. The number of nitrogens with zero attached hydrogens (tertiary/aromatic N) is 1. The average molecular weight is 314 g/mol. The third-order valence-corrected chi connectivity index (χ3v) is 5.33. The first-order valence-corrected chi connectivity index (χ1v) is 8.41. The van der Waals surface area contributed by atoms with E-state index in [1.54, 1.807) is 39.3 Å². The summed E-state index contributed by atoms with van der Waals surface area (Å²) in [6.45, 7) is 2.96. The Balaban J connectivity index is 2.21. The summed E-state index contributed by atoms with van der Waals surface area (Å²) in [6, 6.07) is 4.94. The molecule has 0 aromatic heterocycles. The zero-order valence-electron chi connectivity index (χ0n) is 12.6. The lowest BCUT2D eigenvalue weighted by Gasteiger charge is -2.22. The Morgan fingerprint density at radius 2 is 1.86 bits per heavy atom. The van der Waals surface area contributed by atoms with Crippen LogP contribution in [-0.2, 0) is 10.2 Å². The van der Waals surface area contributed by atoms with Gasteiger partial charge in [0.1, 0.15) is 11.5 Å². The minimum absolute atomic E-state index is 0.402. The molecule has 1 heterocycles. The molecular weight excluding hydrogens is 292 g/mol. The molecule has 0 saturated carbocycles. The summed E-state index contributed by atoms with van der Waals surface area (Å²) in [5.41, 5.74) is 0.750. The van der Waals surface area contributed by atoms with E-state index in [0.717, 1.165) is 18.4 Å². The molecule has 1 fully saturated rings. The number of nitrogens with one attached hydrogen (secondary N) is 1. The highest BCUT2D eigenvalue weighted by Gasteiger charge is 2.27. The fourth-order valence-electron chi connectivity index (χ4n) is 2.47. The zero-order valence-corrected chi connectivity index (χ0v) is 13.4. The van der Waals surface area contributed by atoms with E-state index in [4.69, 9.17) is 9.47 Å². The molecule has 1 aromatic rings. The first-order valence-electron chi connectivity index (χ1n) is 6.97. The molecule has 2 rings (SSSR count). The van der Waals surface area contributed by atoms with Gasteiger partial charge in [0, 0.05) is 24.7 Å². The summed E-state index contributed by atoms with van der Waals surface area (Å²) in [4.78, 5) is 0. The van der Waals surface area contributed by atoms with Crippen molar-refractivity contribution in [1.82, 2.24) is 9.03 Å². The number of ether oxygens (including phenoxy) is 2. The van der Waals surface area contributed by atoms with Crippen molar-refractivity contribution in [2.75, 3.05) is 27.3 Å². The van der Waals surface area contributed by atoms with Crippen LogP contribution in [0.4, 0.5) is 0 Å². The van der Waals surface area contributed by atoms with Gasteiger partial charge in [-0.15, -0.1) is 0 Å². The van der Waals surface area contributed by atoms with E-state index in [-0.39, 0.29) is 0 Å². The van der Waals surface area contributed by atoms with Gasteiger partial charge in [-0.25, -0.2) is 0 Å². The molecule has 1 N–H and O–H groups in total. The van der Waals surface area contributed by atoms with Gasteiger partial charge in [0.15, 0.2) is 0 Å². The first-order chi connectivity index (χ1) is 9.97. The Labute approximate surface area is 126 Å². The average Bonchev–Trinajstić information content (AvgIpc) is 3.01. The normalized spacial score (nSPS) is 17.7. The molecular formula is C14H22N2O4S. The summed E-state index contributed by atoms with van der Waals surface area (Å²) >= 11 is 0. The van der Waals surface area contributed by atoms with Gasteiger partial charge < -0.3 is 9.47 Å². The number of benzene rings is 1. The monoisotopic (exact) mass is 314 g/mol. The van der Waals surface area contributed by atoms with Crippen LogP contribution in [-0.4, -0.2) is 40.0 Å². The van der Waals surface area contributed by atoms with Gasteiger partial charge in [-0.1, -0.05) is 0 Å². The van der Waals surface area contributed by atoms with Crippen LogP contribution in [0.5, 0.6) is 11.5 Å². The Bertz CT molecular complexity index is 583. The second kappa shape index (κ2) is 6.64. The van der Waals surface area contributed by atoms with Gasteiger partial charge in [-0.3, -0.25) is 0 Å². The van der Waals surface area contributed by atoms with E-state index in [1.165, 1.54) is 4.31 Å². The number of rotatable bonds is 6. The lowest BCUT2D eigenvalue weighted by molar-refractivity contribution is 0.393. The van der Waals surface area contributed by atoms with Gasteiger partial charge in [-0.2, -0.15) is 17.4 Å². The molecule has 0 amide bonds. The van der Waals surface area contributed by atoms with Crippen LogP contribution in [0.25, 0.3) is 0 Å². The number of hydrogen-bond acceptors (Lipinski definition) is 4. The maximum Gasteiger partial charge on any atom is 0.279 e. The SMILES string of the molecule is COc1ccc(OC)c(C(C)NS(=O)(=O)N2CCCC2)c1. The lowest BCUT2D eigenvalue weighted by Crippen LogP contribution is -2.40. The Kier molecular flexibility index (Phi) is 5.08. The summed E-state index contributed by atoms with van der Waals surface area (Å²) in [5, 5.41) is 0. The molecule has 1 atom stereocenters. The molecule has 6 nitrogen and oxygen atoms in total. The highest BCUT2D eigenvalue weighted by molar-refractivity contribution is 7.87.